The number of unbranched alkanes of at least 4 members (excludes halogenated alkanes) is 1. The first-order chi connectivity index (χ1) is 9.98. The van der Waals surface area contributed by atoms with Gasteiger partial charge in [-0.25, -0.2) is 13.1 Å². The van der Waals surface area contributed by atoms with Crippen LogP contribution in [0.5, 0.6) is 0 Å². The molecule has 0 saturated heterocycles. The quantitative estimate of drug-likeness (QED) is 0.696. The molecule has 3 N–H and O–H groups in total. The molecule has 122 valence electrons. The van der Waals surface area contributed by atoms with E-state index in [1.807, 2.05) is 11.5 Å². The molecule has 1 heterocycles. The van der Waals surface area contributed by atoms with E-state index < -0.39 is 10.0 Å². The lowest BCUT2D eigenvalue weighted by Crippen LogP contribution is -2.34. The van der Waals surface area contributed by atoms with Gasteiger partial charge in [0.1, 0.15) is 0 Å². The number of sulfonamides is 1. The second kappa shape index (κ2) is 8.56. The largest absolute Gasteiger partial charge is 0.349 e. The zero-order valence-corrected chi connectivity index (χ0v) is 14.2. The molecule has 0 aliphatic rings. The number of hydrogen-bond donors (Lipinski definition) is 2. The lowest BCUT2D eigenvalue weighted by molar-refractivity contribution is 0.483. The lowest BCUT2D eigenvalue weighted by atomic mass is 10.1. The van der Waals surface area contributed by atoms with E-state index >= 15 is 0 Å². The molecule has 1 aromatic rings. The maximum Gasteiger partial charge on any atom is 0.242 e. The summed E-state index contributed by atoms with van der Waals surface area (Å²) in [7, 11) is -3.46. The van der Waals surface area contributed by atoms with Gasteiger partial charge in [-0.2, -0.15) is 0 Å². The van der Waals surface area contributed by atoms with E-state index in [1.165, 1.54) is 0 Å². The number of rotatable bonds is 10. The van der Waals surface area contributed by atoms with Crippen molar-refractivity contribution < 1.29 is 8.42 Å². The van der Waals surface area contributed by atoms with Gasteiger partial charge in [0.2, 0.25) is 10.0 Å². The van der Waals surface area contributed by atoms with Crippen LogP contribution < -0.4 is 10.5 Å². The van der Waals surface area contributed by atoms with E-state index in [0.717, 1.165) is 44.3 Å². The molecule has 21 heavy (non-hydrogen) atoms. The molecule has 1 atom stereocenters. The number of nitrogens with two attached hydrogens (primary N) is 1. The van der Waals surface area contributed by atoms with Crippen molar-refractivity contribution in [3.8, 4) is 0 Å². The Labute approximate surface area is 129 Å². The summed E-state index contributed by atoms with van der Waals surface area (Å²) in [5.41, 5.74) is 6.51. The van der Waals surface area contributed by atoms with Gasteiger partial charge in [-0.3, -0.25) is 0 Å². The highest BCUT2D eigenvalue weighted by molar-refractivity contribution is 7.89. The summed E-state index contributed by atoms with van der Waals surface area (Å²) in [6.45, 7) is 7.23. The second-order valence-corrected chi connectivity index (χ2v) is 7.12. The van der Waals surface area contributed by atoms with Gasteiger partial charge in [-0.05, 0) is 25.8 Å². The van der Waals surface area contributed by atoms with Crippen LogP contribution in [0.3, 0.4) is 0 Å². The predicted octanol–water partition coefficient (Wildman–Crippen LogP) is 2.60. The van der Waals surface area contributed by atoms with Crippen LogP contribution in [-0.2, 0) is 23.1 Å². The maximum atomic E-state index is 12.5. The molecular weight excluding hydrogens is 286 g/mol. The highest BCUT2D eigenvalue weighted by Crippen LogP contribution is 2.17. The van der Waals surface area contributed by atoms with Crippen molar-refractivity contribution in [3.63, 3.8) is 0 Å². The Balaban J connectivity index is 2.90. The zero-order valence-electron chi connectivity index (χ0n) is 13.4. The van der Waals surface area contributed by atoms with E-state index in [0.29, 0.717) is 11.4 Å². The number of aryl methyl sites for hydroxylation is 1. The minimum absolute atomic E-state index is 0.0197. The first-order valence-corrected chi connectivity index (χ1v) is 9.38. The van der Waals surface area contributed by atoms with Gasteiger partial charge in [-0.15, -0.1) is 0 Å². The lowest BCUT2D eigenvalue weighted by Gasteiger charge is -2.17. The Morgan fingerprint density at radius 1 is 1.24 bits per heavy atom. The molecule has 0 radical (unpaired) electrons. The van der Waals surface area contributed by atoms with E-state index in [2.05, 4.69) is 18.6 Å². The van der Waals surface area contributed by atoms with Crippen molar-refractivity contribution in [2.24, 2.45) is 5.73 Å². The molecule has 0 aromatic carbocycles. The van der Waals surface area contributed by atoms with E-state index in [4.69, 9.17) is 5.73 Å². The minimum Gasteiger partial charge on any atom is -0.349 e. The normalized spacial score (nSPS) is 13.5. The molecule has 0 bridgehead atoms. The van der Waals surface area contributed by atoms with Crippen molar-refractivity contribution in [2.75, 3.05) is 0 Å². The fraction of sp³-hybridized carbons (Fsp3) is 0.733. The highest BCUT2D eigenvalue weighted by Gasteiger charge is 2.21. The Bertz CT molecular complexity index is 502. The number of hydrogen-bond acceptors (Lipinski definition) is 3. The van der Waals surface area contributed by atoms with Crippen LogP contribution in [0, 0.1) is 0 Å². The molecule has 0 amide bonds. The van der Waals surface area contributed by atoms with Crippen molar-refractivity contribution in [1.82, 2.24) is 9.29 Å². The highest BCUT2D eigenvalue weighted by atomic mass is 32.2. The third-order valence-electron chi connectivity index (χ3n) is 3.69. The molecule has 0 fully saturated rings. The van der Waals surface area contributed by atoms with Crippen molar-refractivity contribution >= 4 is 10.0 Å². The number of aromatic nitrogens is 1. The molecule has 5 nitrogen and oxygen atoms in total. The van der Waals surface area contributed by atoms with Gasteiger partial charge < -0.3 is 10.3 Å². The monoisotopic (exact) mass is 315 g/mol. The minimum atomic E-state index is -3.46. The van der Waals surface area contributed by atoms with Crippen molar-refractivity contribution in [1.29, 1.82) is 0 Å². The van der Waals surface area contributed by atoms with Crippen LogP contribution in [0.1, 0.15) is 58.6 Å². The van der Waals surface area contributed by atoms with Crippen LogP contribution in [0.15, 0.2) is 17.2 Å². The molecule has 0 aliphatic carbocycles. The average molecular weight is 315 g/mol. The number of nitrogens with one attached hydrogen (secondary N) is 1. The van der Waals surface area contributed by atoms with Gasteiger partial charge >= 0.3 is 0 Å². The fourth-order valence-corrected chi connectivity index (χ4v) is 3.85. The molecule has 0 saturated carbocycles. The van der Waals surface area contributed by atoms with E-state index in [1.54, 1.807) is 12.3 Å². The summed E-state index contributed by atoms with van der Waals surface area (Å²) < 4.78 is 29.8. The maximum absolute atomic E-state index is 12.5. The molecule has 1 unspecified atom stereocenters. The SMILES string of the molecule is CCCCC(CCC)NS(=O)(=O)c1cc(CN)n(CC)c1. The summed E-state index contributed by atoms with van der Waals surface area (Å²) in [5.74, 6) is 0. The van der Waals surface area contributed by atoms with Gasteiger partial charge in [0.25, 0.3) is 0 Å². The van der Waals surface area contributed by atoms with Crippen LogP contribution in [-0.4, -0.2) is 19.0 Å². The van der Waals surface area contributed by atoms with Crippen LogP contribution in [0.25, 0.3) is 0 Å². The fourth-order valence-electron chi connectivity index (χ4n) is 2.49. The Morgan fingerprint density at radius 2 is 1.95 bits per heavy atom. The molecular formula is C15H29N3O2S. The number of nitrogens with zero attached hydrogens (tertiary/aromatic N) is 1. The molecule has 1 aromatic heterocycles. The summed E-state index contributed by atoms with van der Waals surface area (Å²) in [6, 6.07) is 1.69. The third-order valence-corrected chi connectivity index (χ3v) is 5.17. The Kier molecular flexibility index (Phi) is 7.42. The molecule has 0 spiro atoms. The van der Waals surface area contributed by atoms with Gasteiger partial charge in [0, 0.05) is 31.0 Å². The van der Waals surface area contributed by atoms with Gasteiger partial charge in [0.05, 0.1) is 4.90 Å². The standard InChI is InChI=1S/C15H29N3O2S/c1-4-7-9-13(8-5-2)17-21(19,20)15-10-14(11-16)18(6-3)12-15/h10,12-13,17H,4-9,11,16H2,1-3H3. The predicted molar refractivity (Wildman–Crippen MR) is 86.5 cm³/mol. The summed E-state index contributed by atoms with van der Waals surface area (Å²) >= 11 is 0. The summed E-state index contributed by atoms with van der Waals surface area (Å²) in [5, 5.41) is 0. The summed E-state index contributed by atoms with van der Waals surface area (Å²) in [6.07, 6.45) is 6.52. The summed E-state index contributed by atoms with van der Waals surface area (Å²) in [4.78, 5) is 0.322. The van der Waals surface area contributed by atoms with Crippen LogP contribution in [0.4, 0.5) is 0 Å². The first-order valence-electron chi connectivity index (χ1n) is 7.89. The topological polar surface area (TPSA) is 77.1 Å². The Hall–Kier alpha value is -0.850. The average Bonchev–Trinajstić information content (AvgIpc) is 2.88. The van der Waals surface area contributed by atoms with E-state index in [9.17, 15) is 8.42 Å². The Morgan fingerprint density at radius 3 is 2.43 bits per heavy atom. The van der Waals surface area contributed by atoms with E-state index in [-0.39, 0.29) is 6.04 Å². The molecule has 1 rings (SSSR count). The molecule has 0 aliphatic heterocycles. The zero-order chi connectivity index (χ0) is 15.9. The van der Waals surface area contributed by atoms with Crippen LogP contribution in [0.2, 0.25) is 0 Å². The van der Waals surface area contributed by atoms with Crippen LogP contribution >= 0.6 is 0 Å². The van der Waals surface area contributed by atoms with Crippen molar-refractivity contribution in [2.45, 2.75) is 76.9 Å². The van der Waals surface area contributed by atoms with Gasteiger partial charge in [-0.1, -0.05) is 33.1 Å². The van der Waals surface area contributed by atoms with Crippen molar-refractivity contribution in [3.05, 3.63) is 18.0 Å². The van der Waals surface area contributed by atoms with Gasteiger partial charge in [0.15, 0.2) is 0 Å². The smallest absolute Gasteiger partial charge is 0.242 e. The second-order valence-electron chi connectivity index (χ2n) is 5.41. The first kappa shape index (κ1) is 18.2. The third kappa shape index (κ3) is 5.13. The molecule has 6 heteroatoms.